The molecule has 0 radical (unpaired) electrons. The molecule has 1 aliphatic rings. The third-order valence-corrected chi connectivity index (χ3v) is 3.29. The molecule has 0 aromatic carbocycles. The third kappa shape index (κ3) is 0.733. The number of rotatable bonds is 1. The molecule has 0 aromatic heterocycles. The molecule has 36 valence electrons. The minimum absolute atomic E-state index is 1.09. The van der Waals surface area contributed by atoms with Gasteiger partial charge in [-0.05, 0) is 17.7 Å². The van der Waals surface area contributed by atoms with Crippen molar-refractivity contribution < 1.29 is 0 Å². The summed E-state index contributed by atoms with van der Waals surface area (Å²) in [6.07, 6.45) is 1.42. The zero-order valence-corrected chi connectivity index (χ0v) is 5.36. The summed E-state index contributed by atoms with van der Waals surface area (Å²) in [6, 6.07) is 0. The van der Waals surface area contributed by atoms with Crippen LogP contribution in [0.25, 0.3) is 0 Å². The Morgan fingerprint density at radius 3 is 2.17 bits per heavy atom. The first-order valence-electron chi connectivity index (χ1n) is 2.60. The molecule has 6 heavy (non-hydrogen) atoms. The molecule has 1 heteroatoms. The van der Waals surface area contributed by atoms with E-state index in [4.69, 9.17) is 0 Å². The molecule has 0 amide bonds. The van der Waals surface area contributed by atoms with Gasteiger partial charge in [-0.2, -0.15) is 0 Å². The van der Waals surface area contributed by atoms with Crippen molar-refractivity contribution in [2.45, 2.75) is 31.6 Å². The van der Waals surface area contributed by atoms with E-state index in [1.165, 1.54) is 15.0 Å². The lowest BCUT2D eigenvalue weighted by Gasteiger charge is -1.77. The second-order valence-electron chi connectivity index (χ2n) is 1.97. The van der Waals surface area contributed by atoms with Crippen molar-refractivity contribution in [2.24, 2.45) is 0 Å². The van der Waals surface area contributed by atoms with Crippen LogP contribution in [-0.2, 0) is 0 Å². The lowest BCUT2D eigenvalue weighted by atomic mass is 10.3. The van der Waals surface area contributed by atoms with Crippen LogP contribution in [0.1, 0.15) is 20.3 Å². The van der Waals surface area contributed by atoms with Crippen LogP contribution >= 0.6 is 8.58 Å². The minimum atomic E-state index is 1.09. The standard InChI is InChI=1S/C5H11P/c1-3-5-4(2)6-5/h4-6H,3H2,1-2H3. The Morgan fingerprint density at radius 2 is 2.17 bits per heavy atom. The Morgan fingerprint density at radius 1 is 1.67 bits per heavy atom. The molecule has 1 fully saturated rings. The maximum atomic E-state index is 2.34. The topological polar surface area (TPSA) is 0 Å². The molecule has 0 saturated carbocycles. The summed E-state index contributed by atoms with van der Waals surface area (Å²) in [5.41, 5.74) is 2.22. The van der Waals surface area contributed by atoms with E-state index in [2.05, 4.69) is 13.8 Å². The Bertz CT molecular complexity index is 49.9. The largest absolute Gasteiger partial charge is 0.115 e. The summed E-state index contributed by atoms with van der Waals surface area (Å²) >= 11 is 0. The maximum Gasteiger partial charge on any atom is -0.0174 e. The lowest BCUT2D eigenvalue weighted by molar-refractivity contribution is 0.893. The van der Waals surface area contributed by atoms with E-state index in [0.29, 0.717) is 0 Å². The highest BCUT2D eigenvalue weighted by Gasteiger charge is 2.29. The fourth-order valence-corrected chi connectivity index (χ4v) is 1.79. The normalized spacial score (nSPS) is 47.0. The predicted octanol–water partition coefficient (Wildman–Crippen LogP) is 1.85. The van der Waals surface area contributed by atoms with E-state index >= 15 is 0 Å². The van der Waals surface area contributed by atoms with Gasteiger partial charge in [0.1, 0.15) is 0 Å². The predicted molar refractivity (Wildman–Crippen MR) is 31.9 cm³/mol. The van der Waals surface area contributed by atoms with Crippen molar-refractivity contribution in [3.05, 3.63) is 0 Å². The van der Waals surface area contributed by atoms with E-state index in [9.17, 15) is 0 Å². The molecule has 3 atom stereocenters. The van der Waals surface area contributed by atoms with E-state index in [1.807, 2.05) is 0 Å². The van der Waals surface area contributed by atoms with Gasteiger partial charge in [0.2, 0.25) is 0 Å². The molecule has 1 heterocycles. The third-order valence-electron chi connectivity index (χ3n) is 1.41. The van der Waals surface area contributed by atoms with Gasteiger partial charge < -0.3 is 0 Å². The van der Waals surface area contributed by atoms with Gasteiger partial charge in [0, 0.05) is 0 Å². The number of hydrogen-bond acceptors (Lipinski definition) is 0. The van der Waals surface area contributed by atoms with Crippen molar-refractivity contribution in [1.29, 1.82) is 0 Å². The van der Waals surface area contributed by atoms with Crippen molar-refractivity contribution in [3.63, 3.8) is 0 Å². The summed E-state index contributed by atoms with van der Waals surface area (Å²) in [5, 5.41) is 0. The van der Waals surface area contributed by atoms with E-state index in [1.54, 1.807) is 0 Å². The van der Waals surface area contributed by atoms with Gasteiger partial charge in [-0.3, -0.25) is 0 Å². The molecule has 0 aromatic rings. The van der Waals surface area contributed by atoms with Gasteiger partial charge in [0.25, 0.3) is 0 Å². The van der Waals surface area contributed by atoms with E-state index in [-0.39, 0.29) is 0 Å². The Hall–Kier alpha value is 0.430. The van der Waals surface area contributed by atoms with Crippen molar-refractivity contribution in [3.8, 4) is 0 Å². The quantitative estimate of drug-likeness (QED) is 0.443. The molecule has 1 rings (SSSR count). The monoisotopic (exact) mass is 102 g/mol. The fourth-order valence-electron chi connectivity index (χ4n) is 0.754. The Balaban J connectivity index is 2.09. The minimum Gasteiger partial charge on any atom is -0.115 e. The van der Waals surface area contributed by atoms with Crippen LogP contribution in [0.4, 0.5) is 0 Å². The van der Waals surface area contributed by atoms with Crippen molar-refractivity contribution in [1.82, 2.24) is 0 Å². The lowest BCUT2D eigenvalue weighted by Crippen LogP contribution is -1.81. The first kappa shape index (κ1) is 4.59. The molecule has 1 saturated heterocycles. The van der Waals surface area contributed by atoms with Crippen LogP contribution in [0.5, 0.6) is 0 Å². The van der Waals surface area contributed by atoms with E-state index in [0.717, 1.165) is 11.3 Å². The maximum absolute atomic E-state index is 2.34. The second kappa shape index (κ2) is 1.50. The summed E-state index contributed by atoms with van der Waals surface area (Å²) in [6.45, 7) is 4.62. The number of hydrogen-bond donors (Lipinski definition) is 0. The molecule has 1 aliphatic heterocycles. The first-order chi connectivity index (χ1) is 2.84. The Labute approximate surface area is 41.1 Å². The average molecular weight is 102 g/mol. The summed E-state index contributed by atoms with van der Waals surface area (Å²) in [4.78, 5) is 0. The molecule has 3 unspecified atom stereocenters. The van der Waals surface area contributed by atoms with Crippen molar-refractivity contribution >= 4 is 8.58 Å². The van der Waals surface area contributed by atoms with Crippen LogP contribution in [0, 0.1) is 0 Å². The molecule has 0 spiro atoms. The second-order valence-corrected chi connectivity index (χ2v) is 3.96. The molecule has 0 bridgehead atoms. The van der Waals surface area contributed by atoms with Gasteiger partial charge in [0.15, 0.2) is 0 Å². The van der Waals surface area contributed by atoms with Crippen LogP contribution in [-0.4, -0.2) is 11.3 Å². The average Bonchev–Trinajstić information content (AvgIpc) is 2.19. The van der Waals surface area contributed by atoms with Gasteiger partial charge in [-0.1, -0.05) is 13.8 Å². The SMILES string of the molecule is CCC1PC1C. The van der Waals surface area contributed by atoms with E-state index < -0.39 is 0 Å². The van der Waals surface area contributed by atoms with Crippen LogP contribution in [0.2, 0.25) is 0 Å². The van der Waals surface area contributed by atoms with Crippen LogP contribution < -0.4 is 0 Å². The van der Waals surface area contributed by atoms with Crippen LogP contribution in [0.3, 0.4) is 0 Å². The molecule has 0 aliphatic carbocycles. The fraction of sp³-hybridized carbons (Fsp3) is 1.00. The van der Waals surface area contributed by atoms with Gasteiger partial charge in [-0.25, -0.2) is 0 Å². The van der Waals surface area contributed by atoms with Crippen LogP contribution in [0.15, 0.2) is 0 Å². The molecular formula is C5H11P. The van der Waals surface area contributed by atoms with Gasteiger partial charge in [-0.15, -0.1) is 8.58 Å². The smallest absolute Gasteiger partial charge is 0.0174 e. The first-order valence-corrected chi connectivity index (χ1v) is 3.76. The van der Waals surface area contributed by atoms with Crippen molar-refractivity contribution in [2.75, 3.05) is 0 Å². The molecule has 0 N–H and O–H groups in total. The molecular weight excluding hydrogens is 91.0 g/mol. The highest BCUT2D eigenvalue weighted by molar-refractivity contribution is 7.48. The Kier molecular flexibility index (Phi) is 1.15. The zero-order chi connectivity index (χ0) is 4.57. The van der Waals surface area contributed by atoms with Gasteiger partial charge >= 0.3 is 0 Å². The highest BCUT2D eigenvalue weighted by atomic mass is 31.1. The summed E-state index contributed by atoms with van der Waals surface area (Å²) < 4.78 is 0. The van der Waals surface area contributed by atoms with Gasteiger partial charge in [0.05, 0.1) is 0 Å². The highest BCUT2D eigenvalue weighted by Crippen LogP contribution is 2.50. The summed E-state index contributed by atoms with van der Waals surface area (Å²) in [7, 11) is 1.30. The summed E-state index contributed by atoms with van der Waals surface area (Å²) in [5.74, 6) is 0. The molecule has 0 nitrogen and oxygen atoms in total. The zero-order valence-electron chi connectivity index (χ0n) is 4.36.